The number of aromatic nitrogens is 1. The third-order valence-corrected chi connectivity index (χ3v) is 5.55. The van der Waals surface area contributed by atoms with E-state index in [1.807, 2.05) is 109 Å². The lowest BCUT2D eigenvalue weighted by Crippen LogP contribution is -2.21. The highest BCUT2D eigenvalue weighted by Gasteiger charge is 2.29. The molecule has 0 radical (unpaired) electrons. The number of amides is 2. The molecule has 4 aromatic rings. The van der Waals surface area contributed by atoms with Crippen LogP contribution in [0.5, 0.6) is 0 Å². The average Bonchev–Trinajstić information content (AvgIpc) is 3.32. The predicted octanol–water partition coefficient (Wildman–Crippen LogP) is 5.09. The van der Waals surface area contributed by atoms with Gasteiger partial charge in [0.1, 0.15) is 6.54 Å². The lowest BCUT2D eigenvalue weighted by molar-refractivity contribution is -0.116. The first-order chi connectivity index (χ1) is 16.1. The van der Waals surface area contributed by atoms with Crippen molar-refractivity contribution in [2.24, 2.45) is 5.10 Å². The number of rotatable bonds is 5. The lowest BCUT2D eigenvalue weighted by atomic mass is 10.1. The van der Waals surface area contributed by atoms with Crippen molar-refractivity contribution in [3.63, 3.8) is 0 Å². The second-order valence-corrected chi connectivity index (χ2v) is 7.84. The Kier molecular flexibility index (Phi) is 5.32. The van der Waals surface area contributed by atoms with Crippen LogP contribution >= 0.6 is 0 Å². The van der Waals surface area contributed by atoms with E-state index in [-0.39, 0.29) is 18.4 Å². The van der Waals surface area contributed by atoms with Crippen LogP contribution in [-0.2, 0) is 16.1 Å². The van der Waals surface area contributed by atoms with Gasteiger partial charge >= 0.3 is 0 Å². The molecule has 6 heteroatoms. The van der Waals surface area contributed by atoms with Crippen LogP contribution in [0.4, 0.5) is 11.4 Å². The number of anilines is 2. The number of fused-ring (bicyclic) bond motifs is 1. The molecule has 0 unspecified atom stereocenters. The number of nitrogens with zero attached hydrogens (tertiary/aromatic N) is 3. The largest absolute Gasteiger partial charge is 0.337 e. The van der Waals surface area contributed by atoms with Gasteiger partial charge in [-0.1, -0.05) is 54.6 Å². The Morgan fingerprint density at radius 2 is 1.61 bits per heavy atom. The Bertz CT molecular complexity index is 1400. The third-order valence-electron chi connectivity index (χ3n) is 5.55. The zero-order valence-corrected chi connectivity index (χ0v) is 18.1. The van der Waals surface area contributed by atoms with Crippen molar-refractivity contribution in [3.05, 3.63) is 102 Å². The van der Waals surface area contributed by atoms with Gasteiger partial charge in [-0.3, -0.25) is 9.59 Å². The number of nitrogens with one attached hydrogen (secondary N) is 1. The summed E-state index contributed by atoms with van der Waals surface area (Å²) < 4.78 is 1.90. The molecule has 0 spiro atoms. The molecule has 2 heterocycles. The second-order valence-electron chi connectivity index (χ2n) is 7.84. The Morgan fingerprint density at radius 1 is 0.939 bits per heavy atom. The quantitative estimate of drug-likeness (QED) is 0.445. The van der Waals surface area contributed by atoms with E-state index in [1.54, 1.807) is 0 Å². The molecule has 1 aromatic heterocycles. The van der Waals surface area contributed by atoms with Gasteiger partial charge in [-0.2, -0.15) is 10.1 Å². The van der Waals surface area contributed by atoms with Gasteiger partial charge in [0.05, 0.1) is 17.0 Å². The highest BCUT2D eigenvalue weighted by molar-refractivity contribution is 6.32. The number of para-hydroxylation sites is 3. The summed E-state index contributed by atoms with van der Waals surface area (Å²) in [5.41, 5.74) is 4.47. The van der Waals surface area contributed by atoms with E-state index in [0.717, 1.165) is 27.8 Å². The normalized spacial score (nSPS) is 14.7. The topological polar surface area (TPSA) is 66.7 Å². The molecule has 162 valence electrons. The fourth-order valence-corrected chi connectivity index (χ4v) is 3.98. The molecular weight excluding hydrogens is 412 g/mol. The molecule has 3 aromatic carbocycles. The molecule has 0 saturated carbocycles. The Hall–Kier alpha value is -4.45. The summed E-state index contributed by atoms with van der Waals surface area (Å²) in [5, 5.41) is 9.77. The first-order valence-electron chi connectivity index (χ1n) is 10.7. The highest BCUT2D eigenvalue weighted by atomic mass is 16.2. The smallest absolute Gasteiger partial charge is 0.280 e. The van der Waals surface area contributed by atoms with Crippen LogP contribution in [0.25, 0.3) is 17.0 Å². The van der Waals surface area contributed by atoms with Crippen LogP contribution in [0.2, 0.25) is 0 Å². The summed E-state index contributed by atoms with van der Waals surface area (Å²) >= 11 is 0. The maximum absolute atomic E-state index is 13.1. The number of benzene rings is 3. The van der Waals surface area contributed by atoms with Gasteiger partial charge < -0.3 is 9.88 Å². The van der Waals surface area contributed by atoms with Crippen molar-refractivity contribution in [2.75, 3.05) is 10.3 Å². The van der Waals surface area contributed by atoms with E-state index in [0.29, 0.717) is 11.3 Å². The van der Waals surface area contributed by atoms with Gasteiger partial charge in [0, 0.05) is 28.4 Å². The highest BCUT2D eigenvalue weighted by Crippen LogP contribution is 2.28. The molecule has 0 atom stereocenters. The van der Waals surface area contributed by atoms with Crippen molar-refractivity contribution < 1.29 is 9.59 Å². The maximum Gasteiger partial charge on any atom is 0.280 e. The van der Waals surface area contributed by atoms with Crippen LogP contribution in [0.1, 0.15) is 12.5 Å². The van der Waals surface area contributed by atoms with E-state index in [4.69, 9.17) is 0 Å². The number of hydrazone groups is 1. The summed E-state index contributed by atoms with van der Waals surface area (Å²) in [4.78, 5) is 25.8. The van der Waals surface area contributed by atoms with Gasteiger partial charge in [0.25, 0.3) is 5.91 Å². The lowest BCUT2D eigenvalue weighted by Gasteiger charge is -2.10. The van der Waals surface area contributed by atoms with Gasteiger partial charge in [-0.05, 0) is 43.3 Å². The Labute approximate surface area is 191 Å². The van der Waals surface area contributed by atoms with Crippen LogP contribution in [0.3, 0.4) is 0 Å². The molecule has 33 heavy (non-hydrogen) atoms. The fraction of sp³-hybridized carbons (Fsp3) is 0.0741. The molecular formula is C27H22N4O2. The zero-order chi connectivity index (χ0) is 22.8. The standard InChI is InChI=1S/C27H22N4O2/c1-19-24(27(33)31(29-19)22-12-6-3-7-13-22)16-20-17-30(25-15-9-8-14-23(20)25)18-26(32)28-21-10-4-2-5-11-21/h2-17H,18H2,1H3,(H,28,32)/b24-16-. The third kappa shape index (κ3) is 4.06. The SMILES string of the molecule is CC1=NN(c2ccccc2)C(=O)/C1=C\c1cn(CC(=O)Nc2ccccc2)c2ccccc12. The number of carbonyl (C=O) groups excluding carboxylic acids is 2. The number of carbonyl (C=O) groups is 2. The van der Waals surface area contributed by atoms with E-state index in [2.05, 4.69) is 10.4 Å². The molecule has 0 bridgehead atoms. The maximum atomic E-state index is 13.1. The molecule has 6 nitrogen and oxygen atoms in total. The van der Waals surface area contributed by atoms with Crippen molar-refractivity contribution in [2.45, 2.75) is 13.5 Å². The minimum Gasteiger partial charge on any atom is -0.337 e. The summed E-state index contributed by atoms with van der Waals surface area (Å²) in [7, 11) is 0. The molecule has 2 amide bonds. The minimum atomic E-state index is -0.169. The molecule has 0 fully saturated rings. The molecule has 1 N–H and O–H groups in total. The molecule has 1 aliphatic heterocycles. The molecule has 1 aliphatic rings. The van der Waals surface area contributed by atoms with E-state index in [1.165, 1.54) is 5.01 Å². The summed E-state index contributed by atoms with van der Waals surface area (Å²) in [6, 6.07) is 26.6. The van der Waals surface area contributed by atoms with Crippen LogP contribution in [0, 0.1) is 0 Å². The van der Waals surface area contributed by atoms with E-state index < -0.39 is 0 Å². The van der Waals surface area contributed by atoms with Gasteiger partial charge in [-0.15, -0.1) is 0 Å². The fourth-order valence-electron chi connectivity index (χ4n) is 3.98. The van der Waals surface area contributed by atoms with Crippen molar-refractivity contribution in [3.8, 4) is 0 Å². The molecule has 0 saturated heterocycles. The van der Waals surface area contributed by atoms with Crippen molar-refractivity contribution in [1.29, 1.82) is 0 Å². The van der Waals surface area contributed by atoms with Gasteiger partial charge in [0.15, 0.2) is 0 Å². The van der Waals surface area contributed by atoms with E-state index in [9.17, 15) is 9.59 Å². The molecule has 0 aliphatic carbocycles. The van der Waals surface area contributed by atoms with Crippen LogP contribution in [-0.4, -0.2) is 22.1 Å². The van der Waals surface area contributed by atoms with Crippen LogP contribution in [0.15, 0.2) is 102 Å². The Morgan fingerprint density at radius 3 is 2.36 bits per heavy atom. The number of hydrogen-bond acceptors (Lipinski definition) is 3. The number of hydrogen-bond donors (Lipinski definition) is 1. The summed E-state index contributed by atoms with van der Waals surface area (Å²) in [5.74, 6) is -0.288. The van der Waals surface area contributed by atoms with Crippen LogP contribution < -0.4 is 10.3 Å². The Balaban J connectivity index is 1.46. The first kappa shape index (κ1) is 20.5. The predicted molar refractivity (Wildman–Crippen MR) is 132 cm³/mol. The zero-order valence-electron chi connectivity index (χ0n) is 18.1. The first-order valence-corrected chi connectivity index (χ1v) is 10.7. The van der Waals surface area contributed by atoms with Gasteiger partial charge in [-0.25, -0.2) is 0 Å². The van der Waals surface area contributed by atoms with Gasteiger partial charge in [0.2, 0.25) is 5.91 Å². The minimum absolute atomic E-state index is 0.119. The molecule has 5 rings (SSSR count). The monoisotopic (exact) mass is 434 g/mol. The summed E-state index contributed by atoms with van der Waals surface area (Å²) in [6.45, 7) is 1.99. The van der Waals surface area contributed by atoms with E-state index >= 15 is 0 Å². The second kappa shape index (κ2) is 8.59. The average molecular weight is 434 g/mol. The summed E-state index contributed by atoms with van der Waals surface area (Å²) in [6.07, 6.45) is 3.77. The van der Waals surface area contributed by atoms with Crippen molar-refractivity contribution >= 4 is 45.9 Å². The van der Waals surface area contributed by atoms with Crippen molar-refractivity contribution in [1.82, 2.24) is 4.57 Å².